The molecule has 2 atom stereocenters. The Morgan fingerprint density at radius 2 is 2.00 bits per heavy atom. The van der Waals surface area contributed by atoms with Crippen LogP contribution in [0.5, 0.6) is 0 Å². The Morgan fingerprint density at radius 1 is 1.28 bits per heavy atom. The van der Waals surface area contributed by atoms with Crippen LogP contribution < -0.4 is 5.32 Å². The normalized spacial score (nSPS) is 14.4. The van der Waals surface area contributed by atoms with E-state index in [9.17, 15) is 13.0 Å². The summed E-state index contributed by atoms with van der Waals surface area (Å²) in [6.07, 6.45) is 1.91. The molecule has 1 aromatic carbocycles. The molecule has 0 fully saturated rings. The Bertz CT molecular complexity index is 406. The van der Waals surface area contributed by atoms with Crippen LogP contribution in [0.25, 0.3) is 0 Å². The summed E-state index contributed by atoms with van der Waals surface area (Å²) in [5.74, 6) is -1.43. The molecule has 0 aliphatic carbocycles. The molecule has 2 nitrogen and oxygen atoms in total. The predicted molar refractivity (Wildman–Crippen MR) is 70.0 cm³/mol. The van der Waals surface area contributed by atoms with Gasteiger partial charge in [-0.2, -0.15) is 0 Å². The van der Waals surface area contributed by atoms with E-state index in [2.05, 4.69) is 12.2 Å². The van der Waals surface area contributed by atoms with E-state index in [4.69, 9.17) is 0 Å². The van der Waals surface area contributed by atoms with Gasteiger partial charge in [0.1, 0.15) is 0 Å². The lowest BCUT2D eigenvalue weighted by Gasteiger charge is -2.16. The van der Waals surface area contributed by atoms with Crippen molar-refractivity contribution in [1.82, 2.24) is 5.32 Å². The summed E-state index contributed by atoms with van der Waals surface area (Å²) in [6.45, 7) is 4.85. The van der Waals surface area contributed by atoms with Gasteiger partial charge in [0, 0.05) is 16.7 Å². The Labute approximate surface area is 109 Å². The van der Waals surface area contributed by atoms with Gasteiger partial charge in [0.25, 0.3) is 0 Å². The molecule has 18 heavy (non-hydrogen) atoms. The highest BCUT2D eigenvalue weighted by Crippen LogP contribution is 2.14. The summed E-state index contributed by atoms with van der Waals surface area (Å²) in [4.78, 5) is 0.341. The molecular formula is C13H19F2NOS. The van der Waals surface area contributed by atoms with Crippen LogP contribution in [-0.4, -0.2) is 22.5 Å². The molecule has 0 bridgehead atoms. The lowest BCUT2D eigenvalue weighted by molar-refractivity contribution is 0.505. The van der Waals surface area contributed by atoms with Crippen molar-refractivity contribution in [3.8, 4) is 0 Å². The number of halogens is 2. The molecule has 0 amide bonds. The highest BCUT2D eigenvalue weighted by atomic mass is 32.2. The molecule has 0 heterocycles. The molecule has 1 rings (SSSR count). The molecule has 1 N–H and O–H groups in total. The van der Waals surface area contributed by atoms with E-state index in [0.29, 0.717) is 10.6 Å². The van der Waals surface area contributed by atoms with Crippen molar-refractivity contribution in [3.63, 3.8) is 0 Å². The van der Waals surface area contributed by atoms with E-state index in [-0.39, 0.29) is 6.04 Å². The van der Waals surface area contributed by atoms with Crippen molar-refractivity contribution in [1.29, 1.82) is 0 Å². The topological polar surface area (TPSA) is 29.1 Å². The fourth-order valence-electron chi connectivity index (χ4n) is 1.78. The minimum absolute atomic E-state index is 0.147. The van der Waals surface area contributed by atoms with Gasteiger partial charge >= 0.3 is 0 Å². The first-order valence-corrected chi connectivity index (χ1v) is 7.47. The quantitative estimate of drug-likeness (QED) is 0.829. The molecule has 0 radical (unpaired) electrons. The van der Waals surface area contributed by atoms with E-state index in [1.165, 1.54) is 6.07 Å². The molecule has 0 saturated heterocycles. The van der Waals surface area contributed by atoms with Gasteiger partial charge in [-0.05, 0) is 31.2 Å². The van der Waals surface area contributed by atoms with Crippen molar-refractivity contribution in [2.45, 2.75) is 37.6 Å². The van der Waals surface area contributed by atoms with E-state index >= 15 is 0 Å². The SMILES string of the molecule is CCCC(CS(=O)c1ccc(F)c(F)c1)NCC. The zero-order chi connectivity index (χ0) is 13.5. The lowest BCUT2D eigenvalue weighted by Crippen LogP contribution is -2.33. The molecular weight excluding hydrogens is 256 g/mol. The standard InChI is InChI=1S/C13H19F2NOS/c1-3-5-10(16-4-2)9-18(17)11-6-7-12(14)13(15)8-11/h6-8,10,16H,3-5,9H2,1-2H3. The Balaban J connectivity index is 2.70. The number of benzene rings is 1. The van der Waals surface area contributed by atoms with E-state index in [0.717, 1.165) is 31.5 Å². The summed E-state index contributed by atoms with van der Waals surface area (Å²) in [5, 5.41) is 3.25. The molecule has 0 spiro atoms. The molecule has 5 heteroatoms. The van der Waals surface area contributed by atoms with Crippen LogP contribution in [0.1, 0.15) is 26.7 Å². The van der Waals surface area contributed by atoms with Crippen molar-refractivity contribution in [2.75, 3.05) is 12.3 Å². The maximum absolute atomic E-state index is 13.0. The number of rotatable bonds is 7. The van der Waals surface area contributed by atoms with Crippen molar-refractivity contribution >= 4 is 10.8 Å². The summed E-state index contributed by atoms with van der Waals surface area (Å²) in [5.41, 5.74) is 0. The largest absolute Gasteiger partial charge is 0.313 e. The van der Waals surface area contributed by atoms with Crippen LogP contribution in [-0.2, 0) is 10.8 Å². The maximum atomic E-state index is 13.0. The first kappa shape index (κ1) is 15.2. The number of nitrogens with one attached hydrogen (secondary N) is 1. The fourth-order valence-corrected chi connectivity index (χ4v) is 3.08. The van der Waals surface area contributed by atoms with Gasteiger partial charge in [0.05, 0.1) is 10.8 Å². The predicted octanol–water partition coefficient (Wildman–Crippen LogP) is 2.85. The molecule has 102 valence electrons. The Morgan fingerprint density at radius 3 is 2.56 bits per heavy atom. The van der Waals surface area contributed by atoms with Gasteiger partial charge in [0.15, 0.2) is 11.6 Å². The summed E-state index contributed by atoms with van der Waals surface area (Å²) < 4.78 is 37.9. The zero-order valence-corrected chi connectivity index (χ0v) is 11.5. The van der Waals surface area contributed by atoms with Gasteiger partial charge in [-0.15, -0.1) is 0 Å². The third-order valence-corrected chi connectivity index (χ3v) is 4.12. The van der Waals surface area contributed by atoms with Crippen molar-refractivity contribution < 1.29 is 13.0 Å². The molecule has 0 aromatic heterocycles. The molecule has 1 aromatic rings. The molecule has 0 aliphatic heterocycles. The second kappa shape index (κ2) is 7.59. The van der Waals surface area contributed by atoms with Crippen LogP contribution in [0.15, 0.2) is 23.1 Å². The Hall–Kier alpha value is -0.810. The maximum Gasteiger partial charge on any atom is 0.160 e. The zero-order valence-electron chi connectivity index (χ0n) is 10.7. The van der Waals surface area contributed by atoms with E-state index in [1.807, 2.05) is 6.92 Å². The number of hydrogen-bond donors (Lipinski definition) is 1. The van der Waals surface area contributed by atoms with E-state index in [1.54, 1.807) is 0 Å². The van der Waals surface area contributed by atoms with Gasteiger partial charge in [0.2, 0.25) is 0 Å². The smallest absolute Gasteiger partial charge is 0.160 e. The van der Waals surface area contributed by atoms with Crippen molar-refractivity contribution in [2.24, 2.45) is 0 Å². The summed E-state index contributed by atoms with van der Waals surface area (Å²) in [6, 6.07) is 3.56. The van der Waals surface area contributed by atoms with Crippen LogP contribution >= 0.6 is 0 Å². The molecule has 0 aliphatic rings. The lowest BCUT2D eigenvalue weighted by atomic mass is 10.2. The van der Waals surface area contributed by atoms with Gasteiger partial charge < -0.3 is 5.32 Å². The first-order chi connectivity index (χ1) is 8.58. The molecule has 2 unspecified atom stereocenters. The second-order valence-electron chi connectivity index (χ2n) is 4.13. The Kier molecular flexibility index (Phi) is 6.43. The van der Waals surface area contributed by atoms with Gasteiger partial charge in [-0.25, -0.2) is 8.78 Å². The summed E-state index contributed by atoms with van der Waals surface area (Å²) >= 11 is 0. The first-order valence-electron chi connectivity index (χ1n) is 6.15. The van der Waals surface area contributed by atoms with Crippen molar-refractivity contribution in [3.05, 3.63) is 29.8 Å². The average Bonchev–Trinajstić information content (AvgIpc) is 2.33. The van der Waals surface area contributed by atoms with Gasteiger partial charge in [-0.1, -0.05) is 20.3 Å². The highest BCUT2D eigenvalue weighted by Gasteiger charge is 2.14. The second-order valence-corrected chi connectivity index (χ2v) is 5.63. The van der Waals surface area contributed by atoms with E-state index < -0.39 is 22.4 Å². The molecule has 0 saturated carbocycles. The van der Waals surface area contributed by atoms with Crippen LogP contribution in [0, 0.1) is 11.6 Å². The third kappa shape index (κ3) is 4.46. The third-order valence-electron chi connectivity index (χ3n) is 2.64. The van der Waals surface area contributed by atoms with Gasteiger partial charge in [-0.3, -0.25) is 4.21 Å². The monoisotopic (exact) mass is 275 g/mol. The minimum atomic E-state index is -1.30. The summed E-state index contributed by atoms with van der Waals surface area (Å²) in [7, 11) is -1.30. The van der Waals surface area contributed by atoms with Crippen LogP contribution in [0.2, 0.25) is 0 Å². The van der Waals surface area contributed by atoms with Crippen LogP contribution in [0.3, 0.4) is 0 Å². The minimum Gasteiger partial charge on any atom is -0.313 e. The number of hydrogen-bond acceptors (Lipinski definition) is 2. The average molecular weight is 275 g/mol. The van der Waals surface area contributed by atoms with Crippen LogP contribution in [0.4, 0.5) is 8.78 Å². The fraction of sp³-hybridized carbons (Fsp3) is 0.538. The highest BCUT2D eigenvalue weighted by molar-refractivity contribution is 7.85.